The molecule has 0 spiro atoms. The normalized spacial score (nSPS) is 13.9. The van der Waals surface area contributed by atoms with Crippen molar-refractivity contribution in [2.24, 2.45) is 0 Å². The number of carbonyl (C=O) groups is 2. The summed E-state index contributed by atoms with van der Waals surface area (Å²) in [6, 6.07) is 31.5. The largest absolute Gasteiger partial charge is 0.494 e. The maximum atomic E-state index is 14.4. The van der Waals surface area contributed by atoms with Gasteiger partial charge in [0.05, 0.1) is 30.8 Å². The van der Waals surface area contributed by atoms with Gasteiger partial charge >= 0.3 is 7.12 Å². The van der Waals surface area contributed by atoms with Gasteiger partial charge in [0, 0.05) is 286 Å². The first-order valence-electron chi connectivity index (χ1n) is 25.0. The van der Waals surface area contributed by atoms with Crippen LogP contribution in [0.15, 0.2) is 182 Å². The molecule has 0 unspecified atom stereocenters. The zero-order valence-electron chi connectivity index (χ0n) is 47.0. The van der Waals surface area contributed by atoms with Gasteiger partial charge in [-0.15, -0.1) is 0 Å². The number of hydrogen-bond donors (Lipinski definition) is 0. The summed E-state index contributed by atoms with van der Waals surface area (Å²) in [4.78, 5) is 33.9. The van der Waals surface area contributed by atoms with E-state index in [4.69, 9.17) is 9.31 Å². The van der Waals surface area contributed by atoms with Gasteiger partial charge in [0.25, 0.3) is 0 Å². The summed E-state index contributed by atoms with van der Waals surface area (Å²) in [5.74, 6) is -3.30. The second kappa shape index (κ2) is 38.3. The number of ketones is 2. The minimum absolute atomic E-state index is 0.0179. The second-order valence-electron chi connectivity index (χ2n) is 18.8. The van der Waals surface area contributed by atoms with E-state index in [1.165, 1.54) is 138 Å². The van der Waals surface area contributed by atoms with Gasteiger partial charge in [-0.2, -0.15) is 0 Å². The highest BCUT2D eigenvalue weighted by Gasteiger charge is 2.52. The van der Waals surface area contributed by atoms with Crippen LogP contribution in [0, 0.1) is 23.3 Å². The topological polar surface area (TPSA) is 147 Å². The van der Waals surface area contributed by atoms with Crippen molar-refractivity contribution in [2.75, 3.05) is 0 Å². The molecule has 0 amide bonds. The fraction of sp³-hybridized carbons (Fsp3) is 0.111. The Morgan fingerprint density at radius 3 is 1.26 bits per heavy atom. The van der Waals surface area contributed by atoms with E-state index in [1.807, 2.05) is 27.7 Å². The average Bonchev–Trinajstić information content (AvgIpc) is 1.39. The van der Waals surface area contributed by atoms with E-state index in [9.17, 15) is 44.0 Å². The lowest BCUT2D eigenvalue weighted by Crippen LogP contribution is -2.41. The van der Waals surface area contributed by atoms with Crippen LogP contribution in [0.1, 0.15) is 59.5 Å². The van der Waals surface area contributed by atoms with Crippen LogP contribution in [0.3, 0.4) is 0 Å². The molecule has 3 aliphatic heterocycles. The number of pyridine rings is 2. The summed E-state index contributed by atoms with van der Waals surface area (Å²) >= 11 is 30.6. The van der Waals surface area contributed by atoms with E-state index in [0.717, 1.165) is 18.2 Å². The summed E-state index contributed by atoms with van der Waals surface area (Å²) in [6.07, 6.45) is 6.10. The molecule has 5 heterocycles. The monoisotopic (exact) mass is 1740 g/mol. The Balaban J connectivity index is 0.000000198. The van der Waals surface area contributed by atoms with Gasteiger partial charge in [-0.05, 0) is 145 Å². The van der Waals surface area contributed by atoms with Crippen molar-refractivity contribution in [3.05, 3.63) is 208 Å². The second-order valence-corrected chi connectivity index (χ2v) is 49.9. The lowest BCUT2D eigenvalue weighted by Gasteiger charge is -2.32. The SMILES string of the molecule is CC1(C)OB(c2ccc3c(c2)C(=O)c2ccccc2S3(=O)=O)OC1(C)C.Fc1ccc(-c2ccncc2Br)c(F)c1.O=C1c2ccccc2S(=O)(=O)c2ccc(-c3cnccc3-c3ccc(F)cc3F)cc21.S=S=S=S=S=S.S=S=S=S=S=S=S.S=S=S=S=S=S=S=S. The summed E-state index contributed by atoms with van der Waals surface area (Å²) in [5, 5.41) is 0. The van der Waals surface area contributed by atoms with Gasteiger partial charge in [-0.25, -0.2) is 34.4 Å². The molecule has 39 heteroatoms. The van der Waals surface area contributed by atoms with Crippen LogP contribution in [0.4, 0.5) is 17.6 Å². The summed E-state index contributed by atoms with van der Waals surface area (Å²) in [6.45, 7) is 7.77. The highest BCUT2D eigenvalue weighted by atomic mass is 79.9. The van der Waals surface area contributed by atoms with Crippen LogP contribution in [0.2, 0.25) is 0 Å². The zero-order valence-corrected chi connectivity index (χ0v) is 67.4. The number of nitrogens with zero attached hydrogens (tertiary/aromatic N) is 2. The molecule has 0 radical (unpaired) electrons. The Hall–Kier alpha value is -2.34. The third-order valence-electron chi connectivity index (χ3n) is 13.1. The number of fused-ring (bicyclic) bond motifs is 4. The molecule has 10 nitrogen and oxygen atoms in total. The third-order valence-corrected chi connectivity index (χ3v) is 44.1. The highest BCUT2D eigenvalue weighted by Crippen LogP contribution is 2.41. The average molecular weight is 1750 g/mol. The first-order chi connectivity index (χ1) is 44.3. The van der Waals surface area contributed by atoms with Gasteiger partial charge in [-0.3, -0.25) is 19.6 Å². The number of rotatable bonds is 4. The Kier molecular flexibility index (Phi) is 32.8. The Labute approximate surface area is 614 Å². The van der Waals surface area contributed by atoms with Crippen molar-refractivity contribution < 1.29 is 53.3 Å². The maximum Gasteiger partial charge on any atom is 0.494 e. The van der Waals surface area contributed by atoms with E-state index in [-0.39, 0.29) is 53.2 Å². The van der Waals surface area contributed by atoms with Crippen molar-refractivity contribution in [1.82, 2.24) is 9.97 Å². The van der Waals surface area contributed by atoms with Crippen molar-refractivity contribution in [1.29, 1.82) is 0 Å². The predicted molar refractivity (Wildman–Crippen MR) is 420 cm³/mol. The molecule has 0 atom stereocenters. The summed E-state index contributed by atoms with van der Waals surface area (Å²) < 4.78 is 118. The van der Waals surface area contributed by atoms with Crippen LogP contribution in [0.5, 0.6) is 0 Å². The van der Waals surface area contributed by atoms with Crippen molar-refractivity contribution in [3.8, 4) is 33.4 Å². The Bertz CT molecular complexity index is 5130. The number of hydrogen-bond acceptors (Lipinski definition) is 16. The smallest absolute Gasteiger partial charge is 0.399 e. The fourth-order valence-electron chi connectivity index (χ4n) is 8.47. The van der Waals surface area contributed by atoms with E-state index < -0.39 is 67.0 Å². The molecular weight excluding hydrogens is 1710 g/mol. The zero-order chi connectivity index (χ0) is 68.1. The standard InChI is InChI=1S/C24H13F2NO3S.C19H19BO5S.C11H6BrF2N.S8.S7.S6/c25-15-6-7-17(21(26)12-15)16-9-10-27-13-20(16)14-5-8-23-19(11-14)24(28)18-3-1-2-4-22(18)31(23,29)30;1-18(2)19(3,4)25-20(24-18)12-9-10-16-14(11-12)17(21)13-7-5-6-8-15(13)26(16,22)23;12-10-6-15-4-3-8(10)9-2-1-7(13)5-11(9)14;1-3-5-7-8-6-4-2;1-3-5-7-6-4-2;1-3-5-6-4-2/h1-13H;5-11H,1-4H3;1-6H;;;. The highest BCUT2D eigenvalue weighted by molar-refractivity contribution is 9.10. The first-order valence-corrected chi connectivity index (χ1v) is 52.7. The van der Waals surface area contributed by atoms with Gasteiger partial charge in [0.2, 0.25) is 19.7 Å². The van der Waals surface area contributed by atoms with Crippen LogP contribution in [-0.4, -0.2) is 56.7 Å². The molecule has 11 rings (SSSR count). The lowest BCUT2D eigenvalue weighted by molar-refractivity contribution is 0.00578. The number of aromatic nitrogens is 2. The molecule has 2 aromatic heterocycles. The molecule has 6 aromatic carbocycles. The summed E-state index contributed by atoms with van der Waals surface area (Å²) in [7, 11) is 13.9. The van der Waals surface area contributed by atoms with Gasteiger partial charge in [-0.1, -0.05) is 36.4 Å². The van der Waals surface area contributed by atoms with Gasteiger partial charge in [0.15, 0.2) is 11.6 Å². The molecule has 0 saturated carbocycles. The number of halogens is 5. The molecule has 0 aliphatic carbocycles. The molecule has 1 fully saturated rings. The van der Waals surface area contributed by atoms with Crippen molar-refractivity contribution >= 4 is 260 Å². The molecule has 0 N–H and O–H groups in total. The molecule has 1 saturated heterocycles. The van der Waals surface area contributed by atoms with Gasteiger partial charge in [0.1, 0.15) is 23.3 Å². The summed E-state index contributed by atoms with van der Waals surface area (Å²) in [5.41, 5.74) is 2.72. The Morgan fingerprint density at radius 2 is 0.806 bits per heavy atom. The molecule has 0 bridgehead atoms. The minimum Gasteiger partial charge on any atom is -0.399 e. The third kappa shape index (κ3) is 21.1. The molecule has 93 heavy (non-hydrogen) atoms. The number of sulfone groups is 2. The van der Waals surface area contributed by atoms with Crippen LogP contribution in [-0.2, 0) is 229 Å². The van der Waals surface area contributed by atoms with Crippen LogP contribution in [0.25, 0.3) is 33.4 Å². The van der Waals surface area contributed by atoms with Crippen molar-refractivity contribution in [3.63, 3.8) is 0 Å². The van der Waals surface area contributed by atoms with Gasteiger partial charge < -0.3 is 9.31 Å². The van der Waals surface area contributed by atoms with E-state index >= 15 is 0 Å². The molecule has 8 aromatic rings. The number of carbonyl (C=O) groups excluding carboxylic acids is 2. The van der Waals surface area contributed by atoms with Crippen LogP contribution >= 0.6 is 15.9 Å². The quantitative estimate of drug-likeness (QED) is 0.121. The molecule has 488 valence electrons. The Morgan fingerprint density at radius 1 is 0.419 bits per heavy atom. The van der Waals surface area contributed by atoms with E-state index in [0.29, 0.717) is 37.8 Å². The van der Waals surface area contributed by atoms with Crippen molar-refractivity contribution in [2.45, 2.75) is 58.5 Å². The lowest BCUT2D eigenvalue weighted by atomic mass is 9.78. The maximum absolute atomic E-state index is 14.4. The molecular formula is C54H38BBrF4N2O8S23. The van der Waals surface area contributed by atoms with Crippen LogP contribution < -0.4 is 5.46 Å². The predicted octanol–water partition coefficient (Wildman–Crippen LogP) is 11.2. The fourth-order valence-corrected chi connectivity index (χ4v) is 36.9. The minimum atomic E-state index is -3.85. The van der Waals surface area contributed by atoms with E-state index in [1.54, 1.807) is 135 Å². The first kappa shape index (κ1) is 79.6. The molecule has 3 aliphatic rings. The van der Waals surface area contributed by atoms with E-state index in [2.05, 4.69) is 93.0 Å². The number of benzene rings is 6.